The second-order valence-electron chi connectivity index (χ2n) is 7.07. The summed E-state index contributed by atoms with van der Waals surface area (Å²) in [6, 6.07) is 9.00. The maximum Gasteiger partial charge on any atom is 0.355 e. The molecule has 1 aromatic heterocycles. The molecule has 0 atom stereocenters. The zero-order valence-electron chi connectivity index (χ0n) is 16.9. The number of piperidine rings is 1. The molecule has 0 radical (unpaired) electrons. The van der Waals surface area contributed by atoms with E-state index in [2.05, 4.69) is 32.8 Å². The summed E-state index contributed by atoms with van der Waals surface area (Å²) in [5.41, 5.74) is 4.62. The molecule has 160 valence electrons. The smallest absolute Gasteiger partial charge is 0.355 e. The molecule has 1 aromatic carbocycles. The van der Waals surface area contributed by atoms with Gasteiger partial charge in [-0.05, 0) is 45.1 Å². The van der Waals surface area contributed by atoms with E-state index in [1.165, 1.54) is 6.33 Å². The molecule has 1 fully saturated rings. The summed E-state index contributed by atoms with van der Waals surface area (Å²) in [6.45, 7) is 1.57. The molecule has 3 rings (SSSR count). The van der Waals surface area contributed by atoms with Gasteiger partial charge in [-0.1, -0.05) is 18.2 Å². The van der Waals surface area contributed by atoms with E-state index in [9.17, 15) is 14.9 Å². The van der Waals surface area contributed by atoms with Gasteiger partial charge in [-0.3, -0.25) is 25.8 Å². The van der Waals surface area contributed by atoms with Gasteiger partial charge in [0.05, 0.1) is 4.92 Å². The number of benzene rings is 1. The van der Waals surface area contributed by atoms with Crippen LogP contribution in [-0.2, 0) is 4.79 Å². The van der Waals surface area contributed by atoms with Crippen LogP contribution in [0.1, 0.15) is 12.8 Å². The monoisotopic (exact) mass is 415 g/mol. The SMILES string of the molecule is CN1CCC(N(C)c2ncnc(NNC(=O)COc3ccccc3)c2[N+](=O)[O-])CC1. The van der Waals surface area contributed by atoms with Gasteiger partial charge in [-0.15, -0.1) is 0 Å². The number of nitro groups is 1. The predicted octanol–water partition coefficient (Wildman–Crippen LogP) is 1.44. The highest BCUT2D eigenvalue weighted by Gasteiger charge is 2.30. The summed E-state index contributed by atoms with van der Waals surface area (Å²) in [4.78, 5) is 35.4. The Bertz CT molecular complexity index is 872. The lowest BCUT2D eigenvalue weighted by Crippen LogP contribution is -2.42. The number of carbonyl (C=O) groups is 1. The minimum Gasteiger partial charge on any atom is -0.484 e. The van der Waals surface area contributed by atoms with Gasteiger partial charge in [0, 0.05) is 13.1 Å². The number of hydrogen-bond donors (Lipinski definition) is 2. The van der Waals surface area contributed by atoms with E-state index in [1.54, 1.807) is 31.3 Å². The van der Waals surface area contributed by atoms with Gasteiger partial charge in [-0.2, -0.15) is 0 Å². The van der Waals surface area contributed by atoms with Crippen molar-refractivity contribution in [3.63, 3.8) is 0 Å². The Morgan fingerprint density at radius 1 is 1.30 bits per heavy atom. The molecule has 1 amide bonds. The van der Waals surface area contributed by atoms with Gasteiger partial charge in [0.25, 0.3) is 5.91 Å². The summed E-state index contributed by atoms with van der Waals surface area (Å²) in [7, 11) is 3.84. The van der Waals surface area contributed by atoms with Gasteiger partial charge in [-0.25, -0.2) is 9.97 Å². The summed E-state index contributed by atoms with van der Waals surface area (Å²) in [6.07, 6.45) is 3.00. The molecule has 1 aliphatic rings. The van der Waals surface area contributed by atoms with E-state index in [4.69, 9.17) is 4.74 Å². The Morgan fingerprint density at radius 3 is 2.67 bits per heavy atom. The third kappa shape index (κ3) is 5.32. The largest absolute Gasteiger partial charge is 0.484 e. The quantitative estimate of drug-likeness (QED) is 0.486. The average molecular weight is 415 g/mol. The Morgan fingerprint density at radius 2 is 2.00 bits per heavy atom. The molecule has 0 saturated carbocycles. The van der Waals surface area contributed by atoms with Crippen molar-refractivity contribution >= 4 is 23.2 Å². The van der Waals surface area contributed by atoms with Crippen LogP contribution in [0.5, 0.6) is 5.75 Å². The number of likely N-dealkylation sites (tertiary alicyclic amines) is 1. The topological polar surface area (TPSA) is 126 Å². The van der Waals surface area contributed by atoms with Crippen LogP contribution in [0.15, 0.2) is 36.7 Å². The summed E-state index contributed by atoms with van der Waals surface area (Å²) in [5, 5.41) is 11.8. The standard InChI is InChI=1S/C19H25N7O4/c1-24-10-8-14(9-11-24)25(2)19-17(26(28)29)18(20-13-21-19)23-22-16(27)12-30-15-6-4-3-5-7-15/h3-7,13-14H,8-12H2,1-2H3,(H,22,27)(H,20,21,23). The number of nitrogens with zero attached hydrogens (tertiary/aromatic N) is 5. The van der Waals surface area contributed by atoms with Crippen molar-refractivity contribution in [1.82, 2.24) is 20.3 Å². The highest BCUT2D eigenvalue weighted by atomic mass is 16.6. The minimum absolute atomic E-state index is 0.0853. The molecule has 2 heterocycles. The molecule has 2 N–H and O–H groups in total. The molecule has 0 spiro atoms. The first-order valence-electron chi connectivity index (χ1n) is 9.59. The first-order chi connectivity index (χ1) is 14.5. The second-order valence-corrected chi connectivity index (χ2v) is 7.07. The van der Waals surface area contributed by atoms with E-state index < -0.39 is 10.8 Å². The van der Waals surface area contributed by atoms with Crippen molar-refractivity contribution in [3.05, 3.63) is 46.8 Å². The lowest BCUT2D eigenvalue weighted by Gasteiger charge is -2.35. The molecule has 11 heteroatoms. The number of ether oxygens (including phenoxy) is 1. The Hall–Kier alpha value is -3.47. The lowest BCUT2D eigenvalue weighted by atomic mass is 10.0. The van der Waals surface area contributed by atoms with Crippen molar-refractivity contribution in [2.45, 2.75) is 18.9 Å². The fraction of sp³-hybridized carbons (Fsp3) is 0.421. The molecule has 0 bridgehead atoms. The molecule has 11 nitrogen and oxygen atoms in total. The van der Waals surface area contributed by atoms with Crippen LogP contribution in [-0.4, -0.2) is 65.5 Å². The zero-order chi connectivity index (χ0) is 21.5. The average Bonchev–Trinajstić information content (AvgIpc) is 2.76. The maximum absolute atomic E-state index is 12.0. The Balaban J connectivity index is 1.66. The predicted molar refractivity (Wildman–Crippen MR) is 111 cm³/mol. The van der Waals surface area contributed by atoms with Crippen LogP contribution in [0.3, 0.4) is 0 Å². The lowest BCUT2D eigenvalue weighted by molar-refractivity contribution is -0.383. The highest BCUT2D eigenvalue weighted by Crippen LogP contribution is 2.33. The molecule has 0 aliphatic carbocycles. The van der Waals surface area contributed by atoms with Crippen LogP contribution >= 0.6 is 0 Å². The third-order valence-corrected chi connectivity index (χ3v) is 4.99. The van der Waals surface area contributed by atoms with Gasteiger partial charge >= 0.3 is 5.69 Å². The number of hydrazine groups is 1. The number of aromatic nitrogens is 2. The van der Waals surface area contributed by atoms with E-state index in [1.807, 2.05) is 11.0 Å². The first kappa shape index (κ1) is 21.2. The molecule has 2 aromatic rings. The fourth-order valence-corrected chi connectivity index (χ4v) is 3.27. The third-order valence-electron chi connectivity index (χ3n) is 4.99. The number of amides is 1. The molecule has 0 unspecified atom stereocenters. The number of carbonyl (C=O) groups excluding carboxylic acids is 1. The van der Waals surface area contributed by atoms with Crippen molar-refractivity contribution in [2.24, 2.45) is 0 Å². The van der Waals surface area contributed by atoms with Crippen LogP contribution in [0.2, 0.25) is 0 Å². The molecular formula is C19H25N7O4. The molecular weight excluding hydrogens is 390 g/mol. The van der Waals surface area contributed by atoms with E-state index in [-0.39, 0.29) is 30.0 Å². The van der Waals surface area contributed by atoms with E-state index in [0.717, 1.165) is 25.9 Å². The highest BCUT2D eigenvalue weighted by molar-refractivity contribution is 5.80. The van der Waals surface area contributed by atoms with Crippen molar-refractivity contribution in [2.75, 3.05) is 44.1 Å². The number of hydrogen-bond acceptors (Lipinski definition) is 9. The number of para-hydroxylation sites is 1. The van der Waals surface area contributed by atoms with E-state index in [0.29, 0.717) is 5.75 Å². The van der Waals surface area contributed by atoms with Gasteiger partial charge in [0.2, 0.25) is 11.6 Å². The second kappa shape index (κ2) is 9.83. The normalized spacial score (nSPS) is 14.7. The van der Waals surface area contributed by atoms with Crippen molar-refractivity contribution < 1.29 is 14.5 Å². The summed E-state index contributed by atoms with van der Waals surface area (Å²) >= 11 is 0. The van der Waals surface area contributed by atoms with Gasteiger partial charge < -0.3 is 14.5 Å². The number of anilines is 2. The molecule has 30 heavy (non-hydrogen) atoms. The van der Waals surface area contributed by atoms with E-state index >= 15 is 0 Å². The summed E-state index contributed by atoms with van der Waals surface area (Å²) in [5.74, 6) is 0.166. The number of rotatable bonds is 8. The van der Waals surface area contributed by atoms with Crippen LogP contribution in [0.4, 0.5) is 17.3 Å². The maximum atomic E-state index is 12.0. The molecule has 1 saturated heterocycles. The fourth-order valence-electron chi connectivity index (χ4n) is 3.27. The minimum atomic E-state index is -0.546. The van der Waals surface area contributed by atoms with Crippen LogP contribution in [0.25, 0.3) is 0 Å². The van der Waals surface area contributed by atoms with Gasteiger partial charge in [0.1, 0.15) is 12.1 Å². The van der Waals surface area contributed by atoms with Crippen molar-refractivity contribution in [3.8, 4) is 5.75 Å². The Labute approximate surface area is 174 Å². The molecule has 1 aliphatic heterocycles. The van der Waals surface area contributed by atoms with Crippen molar-refractivity contribution in [1.29, 1.82) is 0 Å². The number of nitrogens with one attached hydrogen (secondary N) is 2. The Kier molecular flexibility index (Phi) is 6.96. The first-order valence-corrected chi connectivity index (χ1v) is 9.59. The summed E-state index contributed by atoms with van der Waals surface area (Å²) < 4.78 is 5.35. The van der Waals surface area contributed by atoms with Crippen LogP contribution in [0, 0.1) is 10.1 Å². The van der Waals surface area contributed by atoms with Gasteiger partial charge in [0.15, 0.2) is 6.61 Å². The van der Waals surface area contributed by atoms with Crippen LogP contribution < -0.4 is 20.5 Å². The zero-order valence-corrected chi connectivity index (χ0v) is 16.9.